The summed E-state index contributed by atoms with van der Waals surface area (Å²) in [5, 5.41) is 10.6. The lowest BCUT2D eigenvalue weighted by Gasteiger charge is -2.21. The van der Waals surface area contributed by atoms with Gasteiger partial charge in [0.05, 0.1) is 17.8 Å². The molecule has 6 nitrogen and oxygen atoms in total. The Bertz CT molecular complexity index is 955. The van der Waals surface area contributed by atoms with Crippen molar-refractivity contribution in [2.75, 3.05) is 0 Å². The molecular weight excluding hydrogens is 310 g/mol. The van der Waals surface area contributed by atoms with E-state index >= 15 is 0 Å². The number of nitrogens with one attached hydrogen (secondary N) is 3. The summed E-state index contributed by atoms with van der Waals surface area (Å²) >= 11 is 1.48. The van der Waals surface area contributed by atoms with E-state index in [1.165, 1.54) is 30.6 Å². The first-order valence-corrected chi connectivity index (χ1v) is 8.81. The Morgan fingerprint density at radius 1 is 1.35 bits per heavy atom. The van der Waals surface area contributed by atoms with E-state index in [2.05, 4.69) is 20.5 Å². The molecule has 7 heteroatoms. The number of hydrogen-bond acceptors (Lipinski definition) is 5. The Kier molecular flexibility index (Phi) is 2.78. The van der Waals surface area contributed by atoms with Gasteiger partial charge in [0, 0.05) is 22.2 Å². The topological polar surface area (TPSA) is 86.5 Å². The molecule has 2 bridgehead atoms. The second kappa shape index (κ2) is 4.75. The van der Waals surface area contributed by atoms with Crippen LogP contribution >= 0.6 is 11.3 Å². The number of aromatic amines is 2. The molecule has 0 amide bonds. The Balaban J connectivity index is 1.62. The van der Waals surface area contributed by atoms with Gasteiger partial charge in [-0.2, -0.15) is 5.10 Å². The van der Waals surface area contributed by atoms with Gasteiger partial charge in [-0.05, 0) is 38.2 Å². The van der Waals surface area contributed by atoms with Crippen molar-refractivity contribution in [2.45, 2.75) is 38.3 Å². The van der Waals surface area contributed by atoms with E-state index in [-0.39, 0.29) is 11.6 Å². The zero-order valence-electron chi connectivity index (χ0n) is 12.7. The molecule has 3 aromatic heterocycles. The van der Waals surface area contributed by atoms with Crippen LogP contribution in [-0.4, -0.2) is 26.2 Å². The second-order valence-corrected chi connectivity index (χ2v) is 7.65. The third-order valence-electron chi connectivity index (χ3n) is 5.15. The van der Waals surface area contributed by atoms with Crippen LogP contribution in [0.1, 0.15) is 36.8 Å². The fourth-order valence-corrected chi connectivity index (χ4v) is 5.06. The van der Waals surface area contributed by atoms with Crippen molar-refractivity contribution < 1.29 is 0 Å². The lowest BCUT2D eigenvalue weighted by atomic mass is 9.99. The Morgan fingerprint density at radius 2 is 2.26 bits per heavy atom. The fraction of sp³-hybridized carbons (Fsp3) is 0.438. The summed E-state index contributed by atoms with van der Waals surface area (Å²) < 4.78 is 0.688. The first-order valence-electron chi connectivity index (χ1n) is 7.99. The van der Waals surface area contributed by atoms with Crippen LogP contribution in [0.2, 0.25) is 0 Å². The van der Waals surface area contributed by atoms with Gasteiger partial charge in [0.15, 0.2) is 0 Å². The van der Waals surface area contributed by atoms with E-state index in [4.69, 9.17) is 4.98 Å². The normalized spacial score (nSPS) is 26.4. The molecule has 1 aliphatic carbocycles. The summed E-state index contributed by atoms with van der Waals surface area (Å²) in [4.78, 5) is 21.3. The Labute approximate surface area is 136 Å². The third-order valence-corrected chi connectivity index (χ3v) is 6.31. The van der Waals surface area contributed by atoms with Crippen LogP contribution in [0.5, 0.6) is 0 Å². The molecule has 1 saturated carbocycles. The maximum Gasteiger partial charge on any atom is 0.268 e. The highest BCUT2D eigenvalue weighted by Crippen LogP contribution is 2.42. The smallest absolute Gasteiger partial charge is 0.268 e. The van der Waals surface area contributed by atoms with Crippen LogP contribution in [0.4, 0.5) is 0 Å². The zero-order valence-corrected chi connectivity index (χ0v) is 13.5. The van der Waals surface area contributed by atoms with Crippen molar-refractivity contribution in [2.24, 2.45) is 5.92 Å². The number of hydrogen-bond donors (Lipinski definition) is 3. The van der Waals surface area contributed by atoms with Crippen LogP contribution in [-0.2, 0) is 0 Å². The van der Waals surface area contributed by atoms with Crippen molar-refractivity contribution in [3.05, 3.63) is 34.1 Å². The van der Waals surface area contributed by atoms with Crippen LogP contribution in [0.3, 0.4) is 0 Å². The number of piperidine rings is 1. The summed E-state index contributed by atoms with van der Waals surface area (Å²) in [6.45, 7) is 1.98. The summed E-state index contributed by atoms with van der Waals surface area (Å²) in [6.07, 6.45) is 5.48. The van der Waals surface area contributed by atoms with Gasteiger partial charge in [-0.25, -0.2) is 4.98 Å². The molecule has 0 aromatic carbocycles. The maximum absolute atomic E-state index is 12.5. The van der Waals surface area contributed by atoms with Gasteiger partial charge in [0.1, 0.15) is 10.5 Å². The third kappa shape index (κ3) is 2.00. The van der Waals surface area contributed by atoms with Crippen LogP contribution < -0.4 is 10.9 Å². The predicted molar refractivity (Wildman–Crippen MR) is 89.6 cm³/mol. The minimum atomic E-state index is -0.0352. The van der Waals surface area contributed by atoms with Gasteiger partial charge in [-0.1, -0.05) is 0 Å². The lowest BCUT2D eigenvalue weighted by molar-refractivity contribution is 0.377. The highest BCUT2D eigenvalue weighted by molar-refractivity contribution is 7.22. The largest absolute Gasteiger partial charge is 0.308 e. The van der Waals surface area contributed by atoms with E-state index in [0.717, 1.165) is 27.5 Å². The molecule has 2 fully saturated rings. The molecule has 0 radical (unpaired) electrons. The summed E-state index contributed by atoms with van der Waals surface area (Å²) in [5.74, 6) is 1.40. The van der Waals surface area contributed by atoms with Crippen molar-refractivity contribution in [3.8, 4) is 10.4 Å². The van der Waals surface area contributed by atoms with E-state index in [9.17, 15) is 4.79 Å². The summed E-state index contributed by atoms with van der Waals surface area (Å²) in [7, 11) is 0. The number of nitrogens with zero attached hydrogens (tertiary/aromatic N) is 2. The lowest BCUT2D eigenvalue weighted by Crippen LogP contribution is -2.31. The molecule has 1 saturated heterocycles. The molecule has 2 unspecified atom stereocenters. The molecular formula is C16H17N5OS. The second-order valence-electron chi connectivity index (χ2n) is 6.60. The molecule has 3 aromatic rings. The molecule has 0 spiro atoms. The van der Waals surface area contributed by atoms with Crippen molar-refractivity contribution in [1.29, 1.82) is 0 Å². The average Bonchev–Trinajstić information content (AvgIpc) is 3.29. The Hall–Kier alpha value is -1.99. The SMILES string of the molecule is Cc1[nH]ncc1-c1cc2nc([C@H]3NC4CCC3C4)[nH]c(=O)c2s1. The predicted octanol–water partition coefficient (Wildman–Crippen LogP) is 2.50. The monoisotopic (exact) mass is 327 g/mol. The van der Waals surface area contributed by atoms with Crippen molar-refractivity contribution in [1.82, 2.24) is 25.5 Å². The van der Waals surface area contributed by atoms with Crippen LogP contribution in [0.15, 0.2) is 17.1 Å². The van der Waals surface area contributed by atoms with Gasteiger partial charge in [-0.3, -0.25) is 9.89 Å². The van der Waals surface area contributed by atoms with E-state index in [1.54, 1.807) is 6.20 Å². The van der Waals surface area contributed by atoms with Crippen LogP contribution in [0, 0.1) is 12.8 Å². The number of rotatable bonds is 2. The molecule has 4 heterocycles. The molecule has 2 aliphatic rings. The van der Waals surface area contributed by atoms with Crippen LogP contribution in [0.25, 0.3) is 20.7 Å². The highest BCUT2D eigenvalue weighted by atomic mass is 32.1. The number of thiophene rings is 1. The van der Waals surface area contributed by atoms with Crippen molar-refractivity contribution >= 4 is 21.6 Å². The number of aromatic nitrogens is 4. The number of fused-ring (bicyclic) bond motifs is 3. The Morgan fingerprint density at radius 3 is 2.96 bits per heavy atom. The van der Waals surface area contributed by atoms with Gasteiger partial charge in [-0.15, -0.1) is 11.3 Å². The van der Waals surface area contributed by atoms with Gasteiger partial charge in [0.2, 0.25) is 0 Å². The van der Waals surface area contributed by atoms with Gasteiger partial charge >= 0.3 is 0 Å². The molecule has 5 rings (SSSR count). The molecule has 3 N–H and O–H groups in total. The zero-order chi connectivity index (χ0) is 15.6. The van der Waals surface area contributed by atoms with E-state index in [0.29, 0.717) is 16.7 Å². The van der Waals surface area contributed by atoms with Crippen molar-refractivity contribution in [3.63, 3.8) is 0 Å². The standard InChI is InChI=1S/C16H17N5OS/c1-7-10(6-17-21-7)12-5-11-14(23-12)16(22)20-15(19-11)13-8-2-3-9(4-8)18-13/h5-6,8-9,13,18H,2-4H2,1H3,(H,17,21)(H,19,20,22)/t8?,9?,13-/m0/s1. The minimum Gasteiger partial charge on any atom is -0.308 e. The van der Waals surface area contributed by atoms with E-state index in [1.807, 2.05) is 13.0 Å². The van der Waals surface area contributed by atoms with Gasteiger partial charge in [0.25, 0.3) is 5.56 Å². The highest BCUT2D eigenvalue weighted by Gasteiger charge is 2.41. The average molecular weight is 327 g/mol. The number of H-pyrrole nitrogens is 2. The first-order chi connectivity index (χ1) is 11.2. The minimum absolute atomic E-state index is 0.0352. The van der Waals surface area contributed by atoms with Gasteiger partial charge < -0.3 is 10.3 Å². The maximum atomic E-state index is 12.5. The molecule has 3 atom stereocenters. The number of aryl methyl sites for hydroxylation is 1. The quantitative estimate of drug-likeness (QED) is 0.675. The summed E-state index contributed by atoms with van der Waals surface area (Å²) in [6, 6.07) is 2.80. The molecule has 1 aliphatic heterocycles. The molecule has 118 valence electrons. The fourth-order valence-electron chi connectivity index (χ4n) is 4.00. The van der Waals surface area contributed by atoms with E-state index < -0.39 is 0 Å². The first kappa shape index (κ1) is 13.4. The summed E-state index contributed by atoms with van der Waals surface area (Å²) in [5.41, 5.74) is 2.79. The molecule has 23 heavy (non-hydrogen) atoms.